The van der Waals surface area contributed by atoms with Crippen molar-refractivity contribution in [2.45, 2.75) is 13.3 Å². The number of amides is 2. The van der Waals surface area contributed by atoms with Gasteiger partial charge < -0.3 is 15.3 Å². The number of para-hydroxylation sites is 1. The van der Waals surface area contributed by atoms with Crippen LogP contribution in [0.5, 0.6) is 0 Å². The summed E-state index contributed by atoms with van der Waals surface area (Å²) < 4.78 is 1.83. The predicted octanol–water partition coefficient (Wildman–Crippen LogP) is 1.48. The molecule has 1 atom stereocenters. The number of nitrogens with zero attached hydrogens (tertiary/aromatic N) is 3. The van der Waals surface area contributed by atoms with Crippen LogP contribution in [0.15, 0.2) is 24.3 Å². The van der Waals surface area contributed by atoms with Gasteiger partial charge in [-0.1, -0.05) is 25.1 Å². The van der Waals surface area contributed by atoms with Crippen LogP contribution in [0.3, 0.4) is 0 Å². The number of rotatable bonds is 6. The van der Waals surface area contributed by atoms with E-state index in [1.807, 2.05) is 36.0 Å². The molecule has 23 heavy (non-hydrogen) atoms. The Hall–Kier alpha value is -2.57. The summed E-state index contributed by atoms with van der Waals surface area (Å²) in [4.78, 5) is 24.2. The van der Waals surface area contributed by atoms with E-state index in [-0.39, 0.29) is 12.6 Å². The summed E-state index contributed by atoms with van der Waals surface area (Å²) >= 11 is 0. The van der Waals surface area contributed by atoms with Crippen molar-refractivity contribution < 1.29 is 14.7 Å². The number of urea groups is 1. The minimum atomic E-state index is -0.912. The summed E-state index contributed by atoms with van der Waals surface area (Å²) in [5.74, 6) is -1.50. The van der Waals surface area contributed by atoms with Crippen LogP contribution in [0.25, 0.3) is 10.9 Å². The van der Waals surface area contributed by atoms with E-state index in [0.29, 0.717) is 13.0 Å². The van der Waals surface area contributed by atoms with E-state index in [0.717, 1.165) is 16.6 Å². The molecule has 1 unspecified atom stereocenters. The zero-order valence-electron chi connectivity index (χ0n) is 13.6. The van der Waals surface area contributed by atoms with E-state index < -0.39 is 11.9 Å². The first-order valence-electron chi connectivity index (χ1n) is 7.52. The van der Waals surface area contributed by atoms with Crippen molar-refractivity contribution >= 4 is 22.9 Å². The van der Waals surface area contributed by atoms with Crippen molar-refractivity contribution in [1.82, 2.24) is 20.0 Å². The van der Waals surface area contributed by atoms with Crippen molar-refractivity contribution in [2.24, 2.45) is 13.0 Å². The summed E-state index contributed by atoms with van der Waals surface area (Å²) in [6, 6.07) is 7.67. The molecule has 0 aliphatic rings. The SMILES string of the molecule is CC(CN(C)C(=O)NCCc1nn(C)c2ccccc12)C(=O)O. The highest BCUT2D eigenvalue weighted by Crippen LogP contribution is 2.17. The van der Waals surface area contributed by atoms with E-state index in [1.54, 1.807) is 14.0 Å². The molecule has 7 nitrogen and oxygen atoms in total. The maximum Gasteiger partial charge on any atom is 0.317 e. The van der Waals surface area contributed by atoms with Crippen LogP contribution in [0.2, 0.25) is 0 Å². The normalized spacial score (nSPS) is 12.1. The number of benzene rings is 1. The van der Waals surface area contributed by atoms with E-state index in [4.69, 9.17) is 5.11 Å². The number of hydrogen-bond acceptors (Lipinski definition) is 3. The second kappa shape index (κ2) is 7.13. The molecule has 7 heteroatoms. The third-order valence-corrected chi connectivity index (χ3v) is 3.79. The van der Waals surface area contributed by atoms with Gasteiger partial charge >= 0.3 is 12.0 Å². The monoisotopic (exact) mass is 318 g/mol. The van der Waals surface area contributed by atoms with Gasteiger partial charge in [-0.05, 0) is 6.07 Å². The number of carboxylic acid groups (broad SMARTS) is 1. The van der Waals surface area contributed by atoms with Crippen LogP contribution in [-0.4, -0.2) is 51.9 Å². The quantitative estimate of drug-likeness (QED) is 0.844. The van der Waals surface area contributed by atoms with Crippen LogP contribution in [0.1, 0.15) is 12.6 Å². The molecule has 2 aromatic rings. The number of aryl methyl sites for hydroxylation is 1. The number of carbonyl (C=O) groups excluding carboxylic acids is 1. The molecule has 0 saturated carbocycles. The van der Waals surface area contributed by atoms with Crippen molar-refractivity contribution in [3.05, 3.63) is 30.0 Å². The first-order valence-corrected chi connectivity index (χ1v) is 7.52. The molecule has 1 aromatic heterocycles. The van der Waals surface area contributed by atoms with Crippen LogP contribution >= 0.6 is 0 Å². The Bertz CT molecular complexity index is 710. The predicted molar refractivity (Wildman–Crippen MR) is 87.2 cm³/mol. The van der Waals surface area contributed by atoms with Gasteiger partial charge in [0, 0.05) is 39.0 Å². The standard InChI is InChI=1S/C16H22N4O3/c1-11(15(21)22)10-19(2)16(23)17-9-8-13-12-6-4-5-7-14(12)20(3)18-13/h4-7,11H,8-10H2,1-3H3,(H,17,23)(H,21,22). The summed E-state index contributed by atoms with van der Waals surface area (Å²) in [6.07, 6.45) is 0.620. The van der Waals surface area contributed by atoms with Crippen LogP contribution in [0, 0.1) is 5.92 Å². The van der Waals surface area contributed by atoms with Gasteiger partial charge in [0.1, 0.15) is 0 Å². The Balaban J connectivity index is 1.89. The average Bonchev–Trinajstić information content (AvgIpc) is 2.84. The topological polar surface area (TPSA) is 87.5 Å². The average molecular weight is 318 g/mol. The highest BCUT2D eigenvalue weighted by molar-refractivity contribution is 5.82. The smallest absolute Gasteiger partial charge is 0.317 e. The van der Waals surface area contributed by atoms with Gasteiger partial charge in [0.2, 0.25) is 0 Å². The molecular formula is C16H22N4O3. The molecular weight excluding hydrogens is 296 g/mol. The molecule has 124 valence electrons. The molecule has 2 N–H and O–H groups in total. The minimum absolute atomic E-state index is 0.174. The fourth-order valence-electron chi connectivity index (χ4n) is 2.47. The lowest BCUT2D eigenvalue weighted by Crippen LogP contribution is -2.41. The second-order valence-electron chi connectivity index (χ2n) is 5.69. The summed E-state index contributed by atoms with van der Waals surface area (Å²) in [5.41, 5.74) is 1.99. The molecule has 0 aliphatic carbocycles. The Labute approximate surface area is 134 Å². The Morgan fingerprint density at radius 2 is 2.09 bits per heavy atom. The number of fused-ring (bicyclic) bond motifs is 1. The van der Waals surface area contributed by atoms with Gasteiger partial charge in [0.25, 0.3) is 0 Å². The first-order chi connectivity index (χ1) is 10.9. The summed E-state index contributed by atoms with van der Waals surface area (Å²) in [6.45, 7) is 2.20. The highest BCUT2D eigenvalue weighted by atomic mass is 16.4. The van der Waals surface area contributed by atoms with Crippen LogP contribution in [0.4, 0.5) is 4.79 Å². The lowest BCUT2D eigenvalue weighted by Gasteiger charge is -2.19. The van der Waals surface area contributed by atoms with Gasteiger partial charge in [-0.3, -0.25) is 9.48 Å². The van der Waals surface area contributed by atoms with Gasteiger partial charge in [-0.15, -0.1) is 0 Å². The minimum Gasteiger partial charge on any atom is -0.481 e. The molecule has 0 fully saturated rings. The third-order valence-electron chi connectivity index (χ3n) is 3.79. The molecule has 2 rings (SSSR count). The van der Waals surface area contributed by atoms with Gasteiger partial charge in [0.05, 0.1) is 17.1 Å². The van der Waals surface area contributed by atoms with Gasteiger partial charge in [0.15, 0.2) is 0 Å². The van der Waals surface area contributed by atoms with Crippen molar-refractivity contribution in [1.29, 1.82) is 0 Å². The Morgan fingerprint density at radius 3 is 2.78 bits per heavy atom. The van der Waals surface area contributed by atoms with Crippen molar-refractivity contribution in [2.75, 3.05) is 20.1 Å². The fraction of sp³-hybridized carbons (Fsp3) is 0.438. The molecule has 0 aliphatic heterocycles. The summed E-state index contributed by atoms with van der Waals surface area (Å²) in [7, 11) is 3.48. The molecule has 1 aromatic carbocycles. The molecule has 0 bridgehead atoms. The zero-order chi connectivity index (χ0) is 17.0. The fourth-order valence-corrected chi connectivity index (χ4v) is 2.47. The lowest BCUT2D eigenvalue weighted by atomic mass is 10.1. The molecule has 1 heterocycles. The number of carboxylic acids is 1. The van der Waals surface area contributed by atoms with Gasteiger partial charge in [-0.2, -0.15) is 5.10 Å². The lowest BCUT2D eigenvalue weighted by molar-refractivity contribution is -0.141. The van der Waals surface area contributed by atoms with Gasteiger partial charge in [-0.25, -0.2) is 4.79 Å². The number of hydrogen-bond donors (Lipinski definition) is 2. The van der Waals surface area contributed by atoms with Crippen molar-refractivity contribution in [3.8, 4) is 0 Å². The number of aromatic nitrogens is 2. The van der Waals surface area contributed by atoms with Crippen molar-refractivity contribution in [3.63, 3.8) is 0 Å². The molecule has 0 spiro atoms. The maximum absolute atomic E-state index is 12.0. The molecule has 2 amide bonds. The summed E-state index contributed by atoms with van der Waals surface area (Å²) in [5, 5.41) is 17.2. The largest absolute Gasteiger partial charge is 0.481 e. The number of aliphatic carboxylic acids is 1. The second-order valence-corrected chi connectivity index (χ2v) is 5.69. The van der Waals surface area contributed by atoms with Crippen LogP contribution < -0.4 is 5.32 Å². The molecule has 0 saturated heterocycles. The first kappa shape index (κ1) is 16.8. The number of carbonyl (C=O) groups is 2. The van der Waals surface area contributed by atoms with E-state index in [9.17, 15) is 9.59 Å². The van der Waals surface area contributed by atoms with Crippen LogP contribution in [-0.2, 0) is 18.3 Å². The Morgan fingerprint density at radius 1 is 1.39 bits per heavy atom. The van der Waals surface area contributed by atoms with E-state index >= 15 is 0 Å². The number of nitrogens with one attached hydrogen (secondary N) is 1. The Kier molecular flexibility index (Phi) is 5.20. The molecule has 0 radical (unpaired) electrons. The highest BCUT2D eigenvalue weighted by Gasteiger charge is 2.17. The maximum atomic E-state index is 12.0. The van der Waals surface area contributed by atoms with E-state index in [1.165, 1.54) is 4.90 Å². The van der Waals surface area contributed by atoms with E-state index in [2.05, 4.69) is 10.4 Å². The third kappa shape index (κ3) is 4.00. The zero-order valence-corrected chi connectivity index (χ0v) is 13.6.